The maximum absolute atomic E-state index is 12.3. The standard InChI is InChI=1S/C18H25N3O5S2/c1-12(2)10-27(22,23)21-14-3-4-16-15(9-14)18(13-5-7-19-8-6-13)17(20-16)11-28(24,25)26/h3-5,9,12,19-21H,6-8,10-11H2,1-2H3,(H,24,25,26). The first-order valence-corrected chi connectivity index (χ1v) is 12.3. The molecule has 4 N–H and O–H groups in total. The van der Waals surface area contributed by atoms with E-state index in [1.807, 2.05) is 19.9 Å². The first-order chi connectivity index (χ1) is 13.0. The number of rotatable bonds is 7. The first kappa shape index (κ1) is 20.8. The molecule has 0 saturated carbocycles. The number of aromatic amines is 1. The van der Waals surface area contributed by atoms with Crippen LogP contribution >= 0.6 is 0 Å². The first-order valence-electron chi connectivity index (χ1n) is 9.04. The van der Waals surface area contributed by atoms with Crippen molar-refractivity contribution in [3.63, 3.8) is 0 Å². The number of H-pyrrole nitrogens is 1. The van der Waals surface area contributed by atoms with Gasteiger partial charge in [-0.25, -0.2) is 8.42 Å². The molecule has 0 amide bonds. The van der Waals surface area contributed by atoms with Crippen LogP contribution < -0.4 is 10.0 Å². The van der Waals surface area contributed by atoms with E-state index in [4.69, 9.17) is 0 Å². The van der Waals surface area contributed by atoms with Crippen LogP contribution in [-0.4, -0.2) is 45.2 Å². The van der Waals surface area contributed by atoms with Gasteiger partial charge in [0, 0.05) is 34.4 Å². The second-order valence-electron chi connectivity index (χ2n) is 7.43. The molecule has 1 aliphatic rings. The van der Waals surface area contributed by atoms with Gasteiger partial charge < -0.3 is 10.3 Å². The van der Waals surface area contributed by atoms with Gasteiger partial charge in [-0.3, -0.25) is 9.27 Å². The van der Waals surface area contributed by atoms with Crippen molar-refractivity contribution in [2.24, 2.45) is 5.92 Å². The second kappa shape index (κ2) is 7.86. The molecular formula is C18H25N3O5S2. The van der Waals surface area contributed by atoms with Crippen LogP contribution in [0.25, 0.3) is 16.5 Å². The zero-order chi connectivity index (χ0) is 20.5. The number of benzene rings is 1. The maximum atomic E-state index is 12.3. The fourth-order valence-corrected chi connectivity index (χ4v) is 5.51. The van der Waals surface area contributed by atoms with Crippen LogP contribution in [0.1, 0.15) is 31.5 Å². The van der Waals surface area contributed by atoms with Crippen LogP contribution in [-0.2, 0) is 25.9 Å². The molecule has 1 aliphatic heterocycles. The fourth-order valence-electron chi connectivity index (χ4n) is 3.48. The maximum Gasteiger partial charge on any atom is 0.270 e. The molecule has 0 saturated heterocycles. The lowest BCUT2D eigenvalue weighted by Gasteiger charge is -2.15. The van der Waals surface area contributed by atoms with Gasteiger partial charge >= 0.3 is 0 Å². The van der Waals surface area contributed by atoms with Crippen molar-refractivity contribution in [2.45, 2.75) is 26.0 Å². The number of nitrogens with one attached hydrogen (secondary N) is 3. The largest absolute Gasteiger partial charge is 0.357 e. The summed E-state index contributed by atoms with van der Waals surface area (Å²) in [6.07, 6.45) is 2.68. The Hall–Kier alpha value is -1.88. The minimum Gasteiger partial charge on any atom is -0.357 e. The summed E-state index contributed by atoms with van der Waals surface area (Å²) in [5.41, 5.74) is 3.17. The van der Waals surface area contributed by atoms with Gasteiger partial charge in [0.2, 0.25) is 10.0 Å². The molecule has 0 aliphatic carbocycles. The van der Waals surface area contributed by atoms with Crippen molar-refractivity contribution in [1.82, 2.24) is 10.3 Å². The summed E-state index contributed by atoms with van der Waals surface area (Å²) in [5, 5.41) is 3.93. The highest BCUT2D eigenvalue weighted by Gasteiger charge is 2.21. The Bertz CT molecular complexity index is 1120. The summed E-state index contributed by atoms with van der Waals surface area (Å²) < 4.78 is 59.4. The van der Waals surface area contributed by atoms with Crippen molar-refractivity contribution in [1.29, 1.82) is 0 Å². The third-order valence-electron chi connectivity index (χ3n) is 4.41. The minimum absolute atomic E-state index is 0.00897. The molecule has 1 aromatic heterocycles. The molecule has 2 heterocycles. The van der Waals surface area contributed by atoms with Crippen molar-refractivity contribution < 1.29 is 21.4 Å². The number of anilines is 1. The molecule has 154 valence electrons. The normalized spacial score (nSPS) is 15.8. The smallest absolute Gasteiger partial charge is 0.270 e. The predicted octanol–water partition coefficient (Wildman–Crippen LogP) is 2.33. The molecule has 0 atom stereocenters. The highest BCUT2D eigenvalue weighted by molar-refractivity contribution is 7.92. The zero-order valence-electron chi connectivity index (χ0n) is 15.8. The van der Waals surface area contributed by atoms with Crippen LogP contribution in [0, 0.1) is 5.92 Å². The molecule has 10 heteroatoms. The summed E-state index contributed by atoms with van der Waals surface area (Å²) in [5.74, 6) is -0.531. The third kappa shape index (κ3) is 5.13. The quantitative estimate of drug-likeness (QED) is 0.502. The highest BCUT2D eigenvalue weighted by Crippen LogP contribution is 2.34. The lowest BCUT2D eigenvalue weighted by molar-refractivity contribution is 0.481. The van der Waals surface area contributed by atoms with E-state index in [-0.39, 0.29) is 11.7 Å². The number of sulfonamides is 1. The molecule has 8 nitrogen and oxygen atoms in total. The summed E-state index contributed by atoms with van der Waals surface area (Å²) in [6, 6.07) is 5.05. The monoisotopic (exact) mass is 427 g/mol. The van der Waals surface area contributed by atoms with Crippen LogP contribution in [0.15, 0.2) is 24.3 Å². The predicted molar refractivity (Wildman–Crippen MR) is 111 cm³/mol. The SMILES string of the molecule is CC(C)CS(=O)(=O)Nc1ccc2[nH]c(CS(=O)(=O)O)c(C3=CCNCC3)c2c1. The van der Waals surface area contributed by atoms with Crippen molar-refractivity contribution >= 4 is 42.3 Å². The van der Waals surface area contributed by atoms with Crippen molar-refractivity contribution in [3.05, 3.63) is 35.5 Å². The molecule has 28 heavy (non-hydrogen) atoms. The Kier molecular flexibility index (Phi) is 5.85. The summed E-state index contributed by atoms with van der Waals surface area (Å²) in [6.45, 7) is 5.08. The van der Waals surface area contributed by atoms with E-state index in [0.717, 1.165) is 17.5 Å². The molecule has 0 bridgehead atoms. The Labute approximate surface area is 165 Å². The molecule has 3 rings (SSSR count). The van der Waals surface area contributed by atoms with Gasteiger partial charge in [0.1, 0.15) is 5.75 Å². The highest BCUT2D eigenvalue weighted by atomic mass is 32.2. The van der Waals surface area contributed by atoms with E-state index in [2.05, 4.69) is 15.0 Å². The van der Waals surface area contributed by atoms with E-state index in [1.165, 1.54) is 0 Å². The van der Waals surface area contributed by atoms with E-state index in [0.29, 0.717) is 35.4 Å². The zero-order valence-corrected chi connectivity index (χ0v) is 17.5. The average molecular weight is 428 g/mol. The van der Waals surface area contributed by atoms with E-state index in [9.17, 15) is 21.4 Å². The Morgan fingerprint density at radius 3 is 2.57 bits per heavy atom. The molecule has 0 spiro atoms. The minimum atomic E-state index is -4.22. The van der Waals surface area contributed by atoms with Gasteiger partial charge in [-0.1, -0.05) is 19.9 Å². The van der Waals surface area contributed by atoms with Crippen LogP contribution in [0.4, 0.5) is 5.69 Å². The molecule has 1 aromatic carbocycles. The Morgan fingerprint density at radius 2 is 1.96 bits per heavy atom. The van der Waals surface area contributed by atoms with E-state index >= 15 is 0 Å². The van der Waals surface area contributed by atoms with Gasteiger partial charge in [-0.2, -0.15) is 8.42 Å². The summed E-state index contributed by atoms with van der Waals surface area (Å²) in [4.78, 5) is 3.06. The van der Waals surface area contributed by atoms with Gasteiger partial charge in [-0.05, 0) is 42.7 Å². The van der Waals surface area contributed by atoms with Gasteiger partial charge in [0.25, 0.3) is 10.1 Å². The van der Waals surface area contributed by atoms with Gasteiger partial charge in [0.05, 0.1) is 5.75 Å². The van der Waals surface area contributed by atoms with Crippen LogP contribution in [0.2, 0.25) is 0 Å². The average Bonchev–Trinajstić information content (AvgIpc) is 2.89. The molecule has 2 aromatic rings. The van der Waals surface area contributed by atoms with Gasteiger partial charge in [0.15, 0.2) is 0 Å². The fraction of sp³-hybridized carbons (Fsp3) is 0.444. The second-order valence-corrected chi connectivity index (χ2v) is 10.6. The number of fused-ring (bicyclic) bond motifs is 1. The van der Waals surface area contributed by atoms with Crippen molar-refractivity contribution in [2.75, 3.05) is 23.6 Å². The van der Waals surface area contributed by atoms with E-state index < -0.39 is 25.9 Å². The summed E-state index contributed by atoms with van der Waals surface area (Å²) >= 11 is 0. The molecule has 0 unspecified atom stereocenters. The van der Waals surface area contributed by atoms with Gasteiger partial charge in [-0.15, -0.1) is 0 Å². The molecule has 0 radical (unpaired) electrons. The Balaban J connectivity index is 2.09. The lowest BCUT2D eigenvalue weighted by atomic mass is 9.97. The summed E-state index contributed by atoms with van der Waals surface area (Å²) in [7, 11) is -7.71. The lowest BCUT2D eigenvalue weighted by Crippen LogP contribution is -2.20. The van der Waals surface area contributed by atoms with Crippen LogP contribution in [0.3, 0.4) is 0 Å². The third-order valence-corrected chi connectivity index (χ3v) is 6.72. The number of hydrogen-bond acceptors (Lipinski definition) is 5. The van der Waals surface area contributed by atoms with Crippen LogP contribution in [0.5, 0.6) is 0 Å². The molecule has 0 fully saturated rings. The van der Waals surface area contributed by atoms with E-state index in [1.54, 1.807) is 18.2 Å². The molecular weight excluding hydrogens is 402 g/mol. The van der Waals surface area contributed by atoms with Crippen molar-refractivity contribution in [3.8, 4) is 0 Å². The topological polar surface area (TPSA) is 128 Å². The number of aromatic nitrogens is 1. The Morgan fingerprint density at radius 1 is 1.21 bits per heavy atom. The number of hydrogen-bond donors (Lipinski definition) is 4.